The molecule has 0 rings (SSSR count). The molecule has 7 nitrogen and oxygen atoms in total. The molecule has 0 unspecified atom stereocenters. The summed E-state index contributed by atoms with van der Waals surface area (Å²) in [6.45, 7) is 6.12. The summed E-state index contributed by atoms with van der Waals surface area (Å²) in [5, 5.41) is 17.5. The Morgan fingerprint density at radius 3 is 2.16 bits per heavy atom. The maximum absolute atomic E-state index is 11.5. The van der Waals surface area contributed by atoms with Gasteiger partial charge >= 0.3 is 11.9 Å². The third kappa shape index (κ3) is 9.40. The summed E-state index contributed by atoms with van der Waals surface area (Å²) in [5.41, 5.74) is 0. The first kappa shape index (κ1) is 17.8. The first-order valence-corrected chi connectivity index (χ1v) is 6.46. The molecule has 0 saturated heterocycles. The third-order valence-electron chi connectivity index (χ3n) is 2.69. The van der Waals surface area contributed by atoms with E-state index in [4.69, 9.17) is 14.9 Å². The van der Waals surface area contributed by atoms with Gasteiger partial charge in [0.1, 0.15) is 6.61 Å². The van der Waals surface area contributed by atoms with Crippen LogP contribution in [0.3, 0.4) is 0 Å². The number of carbonyl (C=O) groups is 2. The lowest BCUT2D eigenvalue weighted by Gasteiger charge is -2.20. The predicted molar refractivity (Wildman–Crippen MR) is 69.9 cm³/mol. The smallest absolute Gasteiger partial charge is 0.320 e. The van der Waals surface area contributed by atoms with Gasteiger partial charge in [0.15, 0.2) is 0 Å². The Kier molecular flexibility index (Phi) is 10.1. The van der Waals surface area contributed by atoms with E-state index in [1.807, 2.05) is 18.7 Å². The molecule has 0 atom stereocenters. The number of carbonyl (C=O) groups excluding carboxylic acids is 1. The molecule has 0 aliphatic heterocycles. The number of ether oxygens (including phenoxy) is 1. The van der Waals surface area contributed by atoms with Gasteiger partial charge in [-0.1, -0.05) is 13.8 Å². The van der Waals surface area contributed by atoms with E-state index in [0.717, 1.165) is 13.1 Å². The van der Waals surface area contributed by atoms with E-state index in [1.54, 1.807) is 0 Å². The van der Waals surface area contributed by atoms with E-state index in [1.165, 1.54) is 4.90 Å². The third-order valence-corrected chi connectivity index (χ3v) is 2.69. The molecule has 0 fully saturated rings. The number of aliphatic hydroxyl groups excluding tert-OH is 1. The zero-order valence-electron chi connectivity index (χ0n) is 11.7. The van der Waals surface area contributed by atoms with Crippen molar-refractivity contribution >= 4 is 11.9 Å². The van der Waals surface area contributed by atoms with Crippen LogP contribution in [0.5, 0.6) is 0 Å². The van der Waals surface area contributed by atoms with E-state index < -0.39 is 5.97 Å². The number of carboxylic acids is 1. The molecule has 0 amide bonds. The van der Waals surface area contributed by atoms with E-state index in [0.29, 0.717) is 6.54 Å². The molecule has 0 aromatic heterocycles. The SMILES string of the molecule is CCN(CC)CC(=O)OCCN(CCO)CC(=O)O. The fraction of sp³-hybridized carbons (Fsp3) is 0.833. The van der Waals surface area contributed by atoms with Crippen LogP contribution in [0.15, 0.2) is 0 Å². The van der Waals surface area contributed by atoms with Crippen LogP contribution in [0.25, 0.3) is 0 Å². The van der Waals surface area contributed by atoms with Gasteiger partial charge in [-0.2, -0.15) is 0 Å². The van der Waals surface area contributed by atoms with Gasteiger partial charge in [-0.3, -0.25) is 19.4 Å². The topological polar surface area (TPSA) is 90.3 Å². The minimum atomic E-state index is -0.970. The molecule has 19 heavy (non-hydrogen) atoms. The van der Waals surface area contributed by atoms with E-state index in [9.17, 15) is 9.59 Å². The molecule has 2 N–H and O–H groups in total. The molecule has 0 saturated carbocycles. The summed E-state index contributed by atoms with van der Waals surface area (Å²) in [6.07, 6.45) is 0. The highest BCUT2D eigenvalue weighted by Gasteiger charge is 2.11. The van der Waals surface area contributed by atoms with Crippen molar-refractivity contribution in [2.75, 3.05) is 52.5 Å². The molecule has 0 radical (unpaired) electrons. The number of aliphatic hydroxyl groups is 1. The molecule has 0 heterocycles. The van der Waals surface area contributed by atoms with E-state index in [-0.39, 0.29) is 38.8 Å². The van der Waals surface area contributed by atoms with Gasteiger partial charge in [-0.15, -0.1) is 0 Å². The summed E-state index contributed by atoms with van der Waals surface area (Å²) in [7, 11) is 0. The zero-order valence-corrected chi connectivity index (χ0v) is 11.7. The Morgan fingerprint density at radius 2 is 1.68 bits per heavy atom. The van der Waals surface area contributed by atoms with Crippen molar-refractivity contribution in [3.05, 3.63) is 0 Å². The Morgan fingerprint density at radius 1 is 1.05 bits per heavy atom. The molecular weight excluding hydrogens is 252 g/mol. The van der Waals surface area contributed by atoms with Crippen molar-refractivity contribution < 1.29 is 24.5 Å². The fourth-order valence-corrected chi connectivity index (χ4v) is 1.57. The fourth-order valence-electron chi connectivity index (χ4n) is 1.57. The number of hydrogen-bond acceptors (Lipinski definition) is 6. The summed E-state index contributed by atoms with van der Waals surface area (Å²) >= 11 is 0. The van der Waals surface area contributed by atoms with Gasteiger partial charge in [0.25, 0.3) is 0 Å². The lowest BCUT2D eigenvalue weighted by Crippen LogP contribution is -2.36. The number of carboxylic acid groups (broad SMARTS) is 1. The molecule has 0 spiro atoms. The lowest BCUT2D eigenvalue weighted by molar-refractivity contribution is -0.145. The van der Waals surface area contributed by atoms with Gasteiger partial charge < -0.3 is 14.9 Å². The highest BCUT2D eigenvalue weighted by molar-refractivity contribution is 5.71. The van der Waals surface area contributed by atoms with Gasteiger partial charge in [0.2, 0.25) is 0 Å². The first-order chi connectivity index (χ1) is 9.03. The highest BCUT2D eigenvalue weighted by atomic mass is 16.5. The number of aliphatic carboxylic acids is 1. The van der Waals surface area contributed by atoms with Crippen LogP contribution in [0.4, 0.5) is 0 Å². The van der Waals surface area contributed by atoms with Gasteiger partial charge in [0.05, 0.1) is 19.7 Å². The lowest BCUT2D eigenvalue weighted by atomic mass is 10.4. The number of likely N-dealkylation sites (N-methyl/N-ethyl adjacent to an activating group) is 1. The molecule has 0 aliphatic rings. The van der Waals surface area contributed by atoms with Crippen molar-refractivity contribution in [2.24, 2.45) is 0 Å². The van der Waals surface area contributed by atoms with E-state index >= 15 is 0 Å². The second-order valence-corrected chi connectivity index (χ2v) is 4.08. The molecular formula is C12H24N2O5. The van der Waals surface area contributed by atoms with Gasteiger partial charge in [-0.25, -0.2) is 0 Å². The molecule has 112 valence electrons. The van der Waals surface area contributed by atoms with Crippen molar-refractivity contribution in [3.8, 4) is 0 Å². The predicted octanol–water partition coefficient (Wildman–Crippen LogP) is -0.750. The first-order valence-electron chi connectivity index (χ1n) is 6.46. The van der Waals surface area contributed by atoms with Crippen molar-refractivity contribution in [1.29, 1.82) is 0 Å². The largest absolute Gasteiger partial charge is 0.480 e. The van der Waals surface area contributed by atoms with Crippen molar-refractivity contribution in [3.63, 3.8) is 0 Å². The Labute approximate surface area is 113 Å². The van der Waals surface area contributed by atoms with E-state index in [2.05, 4.69) is 0 Å². The molecule has 0 bridgehead atoms. The summed E-state index contributed by atoms with van der Waals surface area (Å²) in [4.78, 5) is 25.5. The van der Waals surface area contributed by atoms with Crippen molar-refractivity contribution in [2.45, 2.75) is 13.8 Å². The number of esters is 1. The van der Waals surface area contributed by atoms with Gasteiger partial charge in [-0.05, 0) is 13.1 Å². The molecule has 0 aliphatic carbocycles. The van der Waals surface area contributed by atoms with Crippen LogP contribution in [0.2, 0.25) is 0 Å². The Balaban J connectivity index is 3.90. The second kappa shape index (κ2) is 10.7. The Hall–Kier alpha value is -1.18. The van der Waals surface area contributed by atoms with Gasteiger partial charge in [0, 0.05) is 13.1 Å². The highest BCUT2D eigenvalue weighted by Crippen LogP contribution is 1.92. The number of nitrogens with zero attached hydrogens (tertiary/aromatic N) is 2. The standard InChI is InChI=1S/C12H24N2O5/c1-3-13(4-2)10-12(18)19-8-6-14(5-7-15)9-11(16)17/h15H,3-10H2,1-2H3,(H,16,17). The van der Waals surface area contributed by atoms with Crippen LogP contribution in [0, 0.1) is 0 Å². The number of hydrogen-bond donors (Lipinski definition) is 2. The summed E-state index contributed by atoms with van der Waals surface area (Å²) in [6, 6.07) is 0. The molecule has 7 heteroatoms. The maximum Gasteiger partial charge on any atom is 0.320 e. The summed E-state index contributed by atoms with van der Waals surface area (Å²) in [5.74, 6) is -1.29. The maximum atomic E-state index is 11.5. The average molecular weight is 276 g/mol. The Bertz CT molecular complexity index is 269. The second-order valence-electron chi connectivity index (χ2n) is 4.08. The minimum absolute atomic E-state index is 0.124. The molecule has 0 aromatic carbocycles. The van der Waals surface area contributed by atoms with Crippen LogP contribution in [0.1, 0.15) is 13.8 Å². The summed E-state index contributed by atoms with van der Waals surface area (Å²) < 4.78 is 5.04. The quantitative estimate of drug-likeness (QED) is 0.480. The average Bonchev–Trinajstić information content (AvgIpc) is 2.35. The van der Waals surface area contributed by atoms with Crippen molar-refractivity contribution in [1.82, 2.24) is 9.80 Å². The van der Waals surface area contributed by atoms with Crippen LogP contribution in [-0.4, -0.2) is 84.4 Å². The molecule has 0 aromatic rings. The normalized spacial score (nSPS) is 11.0. The van der Waals surface area contributed by atoms with Crippen LogP contribution >= 0.6 is 0 Å². The van der Waals surface area contributed by atoms with Crippen LogP contribution < -0.4 is 0 Å². The van der Waals surface area contributed by atoms with Crippen LogP contribution in [-0.2, 0) is 14.3 Å². The monoisotopic (exact) mass is 276 g/mol. The minimum Gasteiger partial charge on any atom is -0.480 e. The number of rotatable bonds is 11. The zero-order chi connectivity index (χ0) is 14.7.